The Labute approximate surface area is 67.7 Å². The second-order valence-electron chi connectivity index (χ2n) is 2.24. The Morgan fingerprint density at radius 2 is 2.25 bits per heavy atom. The molecule has 6 nitrogen and oxygen atoms in total. The van der Waals surface area contributed by atoms with Gasteiger partial charge >= 0.3 is 12.1 Å². The van der Waals surface area contributed by atoms with Crippen molar-refractivity contribution in [2.24, 2.45) is 0 Å². The fourth-order valence-corrected chi connectivity index (χ4v) is 0.805. The molecular weight excluding hydrogens is 166 g/mol. The maximum Gasteiger partial charge on any atom is 0.417 e. The van der Waals surface area contributed by atoms with E-state index in [1.54, 1.807) is 0 Å². The largest absolute Gasteiger partial charge is 0.481 e. The highest BCUT2D eigenvalue weighted by atomic mass is 16.6. The summed E-state index contributed by atoms with van der Waals surface area (Å²) in [5.74, 6) is -1.54. The normalized spacial score (nSPS) is 16.5. The Balaban J connectivity index is 2.45. The number of amides is 2. The van der Waals surface area contributed by atoms with Gasteiger partial charge in [0.2, 0.25) is 0 Å². The average Bonchev–Trinajstić information content (AvgIpc) is 2.28. The molecule has 1 aliphatic rings. The number of rotatable bonds is 3. The standard InChI is InChI=1S/C6H7NO5/c8-4-3-12-6(11)7(4)2-1-5(9)10/h1-3H2,(H,9,10). The zero-order valence-electron chi connectivity index (χ0n) is 6.15. The Morgan fingerprint density at radius 1 is 1.58 bits per heavy atom. The summed E-state index contributed by atoms with van der Waals surface area (Å²) >= 11 is 0. The quantitative estimate of drug-likeness (QED) is 0.618. The van der Waals surface area contributed by atoms with Gasteiger partial charge in [0.05, 0.1) is 6.42 Å². The summed E-state index contributed by atoms with van der Waals surface area (Å²) in [6, 6.07) is 0. The van der Waals surface area contributed by atoms with Crippen molar-refractivity contribution in [2.75, 3.05) is 13.2 Å². The highest BCUT2D eigenvalue weighted by Crippen LogP contribution is 2.05. The van der Waals surface area contributed by atoms with Gasteiger partial charge in [-0.25, -0.2) is 9.69 Å². The lowest BCUT2D eigenvalue weighted by Gasteiger charge is -2.07. The van der Waals surface area contributed by atoms with E-state index < -0.39 is 18.0 Å². The second kappa shape index (κ2) is 3.21. The number of nitrogens with zero attached hydrogens (tertiary/aromatic N) is 1. The lowest BCUT2D eigenvalue weighted by Crippen LogP contribution is -2.31. The van der Waals surface area contributed by atoms with Gasteiger partial charge in [0, 0.05) is 6.54 Å². The molecule has 0 aromatic heterocycles. The summed E-state index contributed by atoms with van der Waals surface area (Å²) in [7, 11) is 0. The van der Waals surface area contributed by atoms with Crippen LogP contribution in [-0.4, -0.2) is 41.1 Å². The van der Waals surface area contributed by atoms with Crippen LogP contribution in [0.15, 0.2) is 0 Å². The van der Waals surface area contributed by atoms with Gasteiger partial charge in [-0.2, -0.15) is 0 Å². The minimum Gasteiger partial charge on any atom is -0.481 e. The predicted octanol–water partition coefficient (Wildman–Crippen LogP) is -0.560. The minimum atomic E-state index is -1.05. The van der Waals surface area contributed by atoms with Gasteiger partial charge < -0.3 is 9.84 Å². The number of hydrogen-bond acceptors (Lipinski definition) is 4. The van der Waals surface area contributed by atoms with Crippen molar-refractivity contribution in [1.29, 1.82) is 0 Å². The van der Waals surface area contributed by atoms with E-state index in [0.29, 0.717) is 0 Å². The zero-order valence-corrected chi connectivity index (χ0v) is 6.15. The molecule has 0 saturated carbocycles. The first-order chi connectivity index (χ1) is 5.61. The van der Waals surface area contributed by atoms with Gasteiger partial charge in [0.25, 0.3) is 5.91 Å². The Hall–Kier alpha value is -1.59. The third kappa shape index (κ3) is 1.71. The molecule has 1 saturated heterocycles. The third-order valence-electron chi connectivity index (χ3n) is 1.39. The summed E-state index contributed by atoms with van der Waals surface area (Å²) in [4.78, 5) is 32.3. The summed E-state index contributed by atoms with van der Waals surface area (Å²) in [5, 5.41) is 8.26. The predicted molar refractivity (Wildman–Crippen MR) is 35.3 cm³/mol. The maximum absolute atomic E-state index is 10.8. The number of ether oxygens (including phenoxy) is 1. The molecule has 0 aromatic rings. The summed E-state index contributed by atoms with van der Waals surface area (Å²) in [6.45, 7) is -0.397. The number of hydrogen-bond donors (Lipinski definition) is 1. The van der Waals surface area contributed by atoms with E-state index in [4.69, 9.17) is 5.11 Å². The van der Waals surface area contributed by atoms with Crippen molar-refractivity contribution in [3.05, 3.63) is 0 Å². The molecule has 2 amide bonds. The number of carbonyl (C=O) groups excluding carboxylic acids is 2. The van der Waals surface area contributed by atoms with Crippen LogP contribution in [0.4, 0.5) is 4.79 Å². The molecule has 1 heterocycles. The van der Waals surface area contributed by atoms with Crippen molar-refractivity contribution in [2.45, 2.75) is 6.42 Å². The summed E-state index contributed by atoms with van der Waals surface area (Å²) in [5.41, 5.74) is 0. The highest BCUT2D eigenvalue weighted by Gasteiger charge is 2.30. The first kappa shape index (κ1) is 8.51. The maximum atomic E-state index is 10.8. The number of aliphatic carboxylic acids is 1. The molecule has 0 bridgehead atoms. The lowest BCUT2D eigenvalue weighted by atomic mass is 10.4. The molecule has 66 valence electrons. The number of carboxylic acid groups (broad SMARTS) is 1. The van der Waals surface area contributed by atoms with Crippen LogP contribution in [-0.2, 0) is 14.3 Å². The first-order valence-electron chi connectivity index (χ1n) is 3.30. The minimum absolute atomic E-state index is 0.118. The fraction of sp³-hybridized carbons (Fsp3) is 0.500. The highest BCUT2D eigenvalue weighted by molar-refractivity contribution is 5.98. The molecule has 0 atom stereocenters. The van der Waals surface area contributed by atoms with E-state index in [-0.39, 0.29) is 19.6 Å². The first-order valence-corrected chi connectivity index (χ1v) is 3.30. The van der Waals surface area contributed by atoms with Crippen LogP contribution in [0.25, 0.3) is 0 Å². The number of carboxylic acids is 1. The van der Waals surface area contributed by atoms with E-state index in [9.17, 15) is 14.4 Å². The summed E-state index contributed by atoms with van der Waals surface area (Å²) < 4.78 is 4.35. The monoisotopic (exact) mass is 173 g/mol. The van der Waals surface area contributed by atoms with E-state index >= 15 is 0 Å². The Bertz CT molecular complexity index is 220. The van der Waals surface area contributed by atoms with Crippen molar-refractivity contribution >= 4 is 18.0 Å². The van der Waals surface area contributed by atoms with Crippen LogP contribution in [0.2, 0.25) is 0 Å². The molecular formula is C6H7NO5. The number of carbonyl (C=O) groups is 3. The van der Waals surface area contributed by atoms with Crippen LogP contribution in [0, 0.1) is 0 Å². The molecule has 1 rings (SSSR count). The molecule has 0 spiro atoms. The van der Waals surface area contributed by atoms with Gasteiger partial charge in [-0.05, 0) is 0 Å². The Kier molecular flexibility index (Phi) is 2.27. The van der Waals surface area contributed by atoms with Gasteiger partial charge in [-0.3, -0.25) is 9.59 Å². The molecule has 0 unspecified atom stereocenters. The van der Waals surface area contributed by atoms with Crippen LogP contribution in [0.5, 0.6) is 0 Å². The summed E-state index contributed by atoms with van der Waals surface area (Å²) in [6.07, 6.45) is -1.01. The van der Waals surface area contributed by atoms with E-state index in [2.05, 4.69) is 4.74 Å². The zero-order chi connectivity index (χ0) is 9.14. The van der Waals surface area contributed by atoms with Gasteiger partial charge in [-0.15, -0.1) is 0 Å². The average molecular weight is 173 g/mol. The fourth-order valence-electron chi connectivity index (χ4n) is 0.805. The molecule has 0 aromatic carbocycles. The van der Waals surface area contributed by atoms with Crippen molar-refractivity contribution in [3.8, 4) is 0 Å². The van der Waals surface area contributed by atoms with Gasteiger partial charge in [-0.1, -0.05) is 0 Å². The molecule has 0 aliphatic carbocycles. The van der Waals surface area contributed by atoms with Crippen LogP contribution >= 0.6 is 0 Å². The van der Waals surface area contributed by atoms with E-state index in [0.717, 1.165) is 4.90 Å². The van der Waals surface area contributed by atoms with Crippen molar-refractivity contribution in [1.82, 2.24) is 4.90 Å². The number of imide groups is 1. The van der Waals surface area contributed by atoms with Crippen molar-refractivity contribution < 1.29 is 24.2 Å². The number of cyclic esters (lactones) is 1. The third-order valence-corrected chi connectivity index (χ3v) is 1.39. The van der Waals surface area contributed by atoms with E-state index in [1.807, 2.05) is 0 Å². The second-order valence-corrected chi connectivity index (χ2v) is 2.24. The smallest absolute Gasteiger partial charge is 0.417 e. The van der Waals surface area contributed by atoms with E-state index in [1.165, 1.54) is 0 Å². The van der Waals surface area contributed by atoms with Crippen molar-refractivity contribution in [3.63, 3.8) is 0 Å². The van der Waals surface area contributed by atoms with Gasteiger partial charge in [0.1, 0.15) is 0 Å². The molecule has 12 heavy (non-hydrogen) atoms. The molecule has 1 fully saturated rings. The van der Waals surface area contributed by atoms with Crippen LogP contribution in [0.1, 0.15) is 6.42 Å². The SMILES string of the molecule is O=C(O)CCN1C(=O)COC1=O. The molecule has 1 N–H and O–H groups in total. The van der Waals surface area contributed by atoms with Crippen LogP contribution < -0.4 is 0 Å². The lowest BCUT2D eigenvalue weighted by molar-refractivity contribution is -0.137. The van der Waals surface area contributed by atoms with Crippen LogP contribution in [0.3, 0.4) is 0 Å². The molecule has 0 radical (unpaired) electrons. The Morgan fingerprint density at radius 3 is 2.67 bits per heavy atom. The topological polar surface area (TPSA) is 83.9 Å². The molecule has 6 heteroatoms. The molecule has 1 aliphatic heterocycles. The van der Waals surface area contributed by atoms with Gasteiger partial charge in [0.15, 0.2) is 6.61 Å².